The zero-order valence-electron chi connectivity index (χ0n) is 15.0. The summed E-state index contributed by atoms with van der Waals surface area (Å²) < 4.78 is 5.25. The van der Waals surface area contributed by atoms with Crippen LogP contribution in [0.5, 0.6) is 5.75 Å². The molecular weight excluding hydrogens is 312 g/mol. The number of hydrogen-bond donors (Lipinski definition) is 1. The van der Waals surface area contributed by atoms with Gasteiger partial charge in [-0.15, -0.1) is 6.42 Å². The number of aryl methyl sites for hydroxylation is 1. The lowest BCUT2D eigenvalue weighted by molar-refractivity contribution is -0.131. The highest BCUT2D eigenvalue weighted by Gasteiger charge is 2.61. The molecule has 3 aliphatic rings. The zero-order chi connectivity index (χ0) is 17.8. The topological polar surface area (TPSA) is 46.5 Å². The first-order valence-corrected chi connectivity index (χ1v) is 9.39. The number of terminal acetylenes is 1. The Hall–Kier alpha value is -1.79. The van der Waals surface area contributed by atoms with Crippen LogP contribution in [-0.2, 0) is 11.2 Å². The molecule has 3 aliphatic carbocycles. The molecule has 1 aromatic rings. The lowest BCUT2D eigenvalue weighted by atomic mass is 9.53. The van der Waals surface area contributed by atoms with Crippen molar-refractivity contribution in [1.82, 2.24) is 0 Å². The van der Waals surface area contributed by atoms with E-state index in [4.69, 9.17) is 11.2 Å². The summed E-state index contributed by atoms with van der Waals surface area (Å²) in [4.78, 5) is 11.2. The van der Waals surface area contributed by atoms with E-state index in [1.54, 1.807) is 0 Å². The fourth-order valence-electron chi connectivity index (χ4n) is 6.04. The van der Waals surface area contributed by atoms with Gasteiger partial charge in [0.1, 0.15) is 11.4 Å². The lowest BCUT2D eigenvalue weighted by Crippen LogP contribution is -2.50. The van der Waals surface area contributed by atoms with Crippen molar-refractivity contribution in [1.29, 1.82) is 0 Å². The molecule has 2 saturated carbocycles. The van der Waals surface area contributed by atoms with Crippen LogP contribution in [0.15, 0.2) is 18.2 Å². The van der Waals surface area contributed by atoms with Crippen LogP contribution in [0, 0.1) is 29.6 Å². The highest BCUT2D eigenvalue weighted by molar-refractivity contribution is 5.69. The Morgan fingerprint density at radius 3 is 2.84 bits per heavy atom. The summed E-state index contributed by atoms with van der Waals surface area (Å²) in [5, 5.41) is 11.0. The second-order valence-electron chi connectivity index (χ2n) is 8.37. The Bertz CT molecular complexity index is 761. The number of ether oxygens (including phenoxy) is 1. The van der Waals surface area contributed by atoms with Crippen LogP contribution >= 0.6 is 0 Å². The fourth-order valence-corrected chi connectivity index (χ4v) is 6.04. The summed E-state index contributed by atoms with van der Waals surface area (Å²) in [7, 11) is 0. The average Bonchev–Trinajstić information content (AvgIpc) is 2.86. The molecule has 0 radical (unpaired) electrons. The maximum absolute atomic E-state index is 11.2. The van der Waals surface area contributed by atoms with Gasteiger partial charge in [-0.05, 0) is 79.5 Å². The largest absolute Gasteiger partial charge is 0.427 e. The van der Waals surface area contributed by atoms with Crippen LogP contribution in [0.1, 0.15) is 63.0 Å². The fraction of sp³-hybridized carbons (Fsp3) is 0.591. The number of benzene rings is 1. The maximum Gasteiger partial charge on any atom is 0.308 e. The van der Waals surface area contributed by atoms with E-state index in [-0.39, 0.29) is 11.4 Å². The number of esters is 1. The summed E-state index contributed by atoms with van der Waals surface area (Å²) in [5.74, 6) is 4.72. The van der Waals surface area contributed by atoms with Gasteiger partial charge in [-0.3, -0.25) is 4.79 Å². The van der Waals surface area contributed by atoms with E-state index < -0.39 is 5.60 Å². The van der Waals surface area contributed by atoms with Crippen molar-refractivity contribution in [2.45, 2.75) is 63.9 Å². The first-order valence-electron chi connectivity index (χ1n) is 9.39. The molecule has 1 N–H and O–H groups in total. The molecule has 0 bridgehead atoms. The van der Waals surface area contributed by atoms with E-state index in [2.05, 4.69) is 18.9 Å². The quantitative estimate of drug-likeness (QED) is 0.481. The van der Waals surface area contributed by atoms with Crippen LogP contribution in [0.25, 0.3) is 0 Å². The molecule has 0 saturated heterocycles. The van der Waals surface area contributed by atoms with Gasteiger partial charge in [-0.25, -0.2) is 0 Å². The lowest BCUT2D eigenvalue weighted by Gasteiger charge is -2.52. The molecule has 0 unspecified atom stereocenters. The van der Waals surface area contributed by atoms with Gasteiger partial charge in [0.15, 0.2) is 0 Å². The van der Waals surface area contributed by atoms with E-state index in [9.17, 15) is 9.90 Å². The molecule has 4 rings (SSSR count). The monoisotopic (exact) mass is 338 g/mol. The molecule has 3 heteroatoms. The Labute approximate surface area is 149 Å². The second kappa shape index (κ2) is 5.61. The molecule has 0 heterocycles. The number of fused-ring (bicyclic) bond motifs is 5. The molecule has 2 fully saturated rings. The summed E-state index contributed by atoms with van der Waals surface area (Å²) in [5.41, 5.74) is 1.62. The molecular formula is C22H26O3. The van der Waals surface area contributed by atoms with Gasteiger partial charge in [0.2, 0.25) is 0 Å². The second-order valence-corrected chi connectivity index (χ2v) is 8.37. The van der Waals surface area contributed by atoms with Gasteiger partial charge in [0.05, 0.1) is 0 Å². The van der Waals surface area contributed by atoms with Crippen LogP contribution in [0.4, 0.5) is 0 Å². The van der Waals surface area contributed by atoms with Crippen molar-refractivity contribution < 1.29 is 14.6 Å². The van der Waals surface area contributed by atoms with Gasteiger partial charge in [0, 0.05) is 12.3 Å². The summed E-state index contributed by atoms with van der Waals surface area (Å²) in [6, 6.07) is 6.10. The third kappa shape index (κ3) is 2.34. The van der Waals surface area contributed by atoms with Gasteiger partial charge in [-0.1, -0.05) is 18.9 Å². The molecule has 0 spiro atoms. The number of carbonyl (C=O) groups excluding carboxylic acids is 1. The SMILES string of the molecule is C#C[C@@]1(O)CC[C@H]2[C@@H]3CCc4cc(OC(C)=O)ccc4[C@H]3CC[C@@]21C. The molecule has 5 atom stereocenters. The van der Waals surface area contributed by atoms with Gasteiger partial charge in [0.25, 0.3) is 0 Å². The van der Waals surface area contributed by atoms with Crippen molar-refractivity contribution in [3.05, 3.63) is 29.3 Å². The molecule has 3 nitrogen and oxygen atoms in total. The van der Waals surface area contributed by atoms with Crippen molar-refractivity contribution in [3.63, 3.8) is 0 Å². The molecule has 0 aliphatic heterocycles. The third-order valence-electron chi connectivity index (χ3n) is 7.35. The van der Waals surface area contributed by atoms with E-state index in [1.807, 2.05) is 12.1 Å². The maximum atomic E-state index is 11.2. The van der Waals surface area contributed by atoms with E-state index in [0.29, 0.717) is 23.5 Å². The Kier molecular flexibility index (Phi) is 3.74. The standard InChI is InChI=1S/C22H26O3/c1-4-22(24)12-10-20-19-7-5-15-13-16(25-14(2)23)6-8-17(15)18(19)9-11-21(20,22)3/h1,6,8,13,18-20,24H,5,7,9-12H2,2-3H3/t18-,19-,20+,21+,22-/m1/s1. The summed E-state index contributed by atoms with van der Waals surface area (Å²) in [6.07, 6.45) is 11.7. The highest BCUT2D eigenvalue weighted by Crippen LogP contribution is 2.64. The van der Waals surface area contributed by atoms with Crippen LogP contribution in [-0.4, -0.2) is 16.7 Å². The average molecular weight is 338 g/mol. The first-order chi connectivity index (χ1) is 11.9. The van der Waals surface area contributed by atoms with Crippen LogP contribution in [0.3, 0.4) is 0 Å². The Balaban J connectivity index is 1.65. The highest BCUT2D eigenvalue weighted by atomic mass is 16.5. The third-order valence-corrected chi connectivity index (χ3v) is 7.35. The van der Waals surface area contributed by atoms with Crippen LogP contribution < -0.4 is 4.74 Å². The van der Waals surface area contributed by atoms with Gasteiger partial charge < -0.3 is 9.84 Å². The van der Waals surface area contributed by atoms with Crippen molar-refractivity contribution >= 4 is 5.97 Å². The van der Waals surface area contributed by atoms with E-state index >= 15 is 0 Å². The number of rotatable bonds is 1. The van der Waals surface area contributed by atoms with Gasteiger partial charge >= 0.3 is 5.97 Å². The minimum atomic E-state index is -0.942. The van der Waals surface area contributed by atoms with Crippen molar-refractivity contribution in [3.8, 4) is 18.1 Å². The molecule has 132 valence electrons. The number of carbonyl (C=O) groups is 1. The molecule has 1 aromatic carbocycles. The van der Waals surface area contributed by atoms with Crippen LogP contribution in [0.2, 0.25) is 0 Å². The molecule has 25 heavy (non-hydrogen) atoms. The minimum absolute atomic E-state index is 0.155. The number of hydrogen-bond acceptors (Lipinski definition) is 3. The summed E-state index contributed by atoms with van der Waals surface area (Å²) >= 11 is 0. The minimum Gasteiger partial charge on any atom is -0.427 e. The Morgan fingerprint density at radius 1 is 1.32 bits per heavy atom. The predicted octanol–water partition coefficient (Wildman–Crippen LogP) is 3.83. The van der Waals surface area contributed by atoms with E-state index in [1.165, 1.54) is 18.1 Å². The van der Waals surface area contributed by atoms with Crippen molar-refractivity contribution in [2.75, 3.05) is 0 Å². The van der Waals surface area contributed by atoms with E-state index in [0.717, 1.165) is 38.5 Å². The Morgan fingerprint density at radius 2 is 2.12 bits per heavy atom. The van der Waals surface area contributed by atoms with Gasteiger partial charge in [-0.2, -0.15) is 0 Å². The molecule has 0 aromatic heterocycles. The smallest absolute Gasteiger partial charge is 0.308 e. The summed E-state index contributed by atoms with van der Waals surface area (Å²) in [6.45, 7) is 3.64. The predicted molar refractivity (Wildman–Crippen MR) is 96.2 cm³/mol. The normalized spacial score (nSPS) is 38.9. The number of aliphatic hydroxyl groups is 1. The van der Waals surface area contributed by atoms with Crippen molar-refractivity contribution in [2.24, 2.45) is 17.3 Å². The zero-order valence-corrected chi connectivity index (χ0v) is 15.0. The first kappa shape index (κ1) is 16.7. The molecule has 0 amide bonds.